The summed E-state index contributed by atoms with van der Waals surface area (Å²) in [6.45, 7) is 1.80. The Labute approximate surface area is 210 Å². The molecular formula is C25H31N7O3S. The highest BCUT2D eigenvalue weighted by atomic mass is 32.2. The van der Waals surface area contributed by atoms with Crippen molar-refractivity contribution in [1.29, 1.82) is 0 Å². The third-order valence-electron chi connectivity index (χ3n) is 6.98. The van der Waals surface area contributed by atoms with E-state index in [-0.39, 0.29) is 28.8 Å². The van der Waals surface area contributed by atoms with Crippen LogP contribution in [0, 0.1) is 0 Å². The zero-order valence-electron chi connectivity index (χ0n) is 20.0. The highest BCUT2D eigenvalue weighted by molar-refractivity contribution is 7.92. The van der Waals surface area contributed by atoms with Crippen LogP contribution < -0.4 is 21.7 Å². The summed E-state index contributed by atoms with van der Waals surface area (Å²) < 4.78 is 26.9. The lowest BCUT2D eigenvalue weighted by Gasteiger charge is -2.26. The zero-order chi connectivity index (χ0) is 25.1. The molecular weight excluding hydrogens is 478 g/mol. The molecule has 1 saturated heterocycles. The average molecular weight is 510 g/mol. The molecule has 2 aromatic heterocycles. The SMILES string of the molecule is NC1CCC(S(=O)(=O)c2cccc3cnc(Nc4ccc(C(=O)NC5CCNCC5)cn4)nc23)CC1. The third-order valence-corrected chi connectivity index (χ3v) is 9.27. The monoisotopic (exact) mass is 509 g/mol. The number of anilines is 2. The summed E-state index contributed by atoms with van der Waals surface area (Å²) in [6, 6.07) is 8.72. The molecule has 0 spiro atoms. The Kier molecular flexibility index (Phi) is 7.13. The van der Waals surface area contributed by atoms with E-state index in [1.807, 2.05) is 0 Å². The van der Waals surface area contributed by atoms with Crippen molar-refractivity contribution in [3.63, 3.8) is 0 Å². The second-order valence-corrected chi connectivity index (χ2v) is 11.7. The van der Waals surface area contributed by atoms with E-state index in [9.17, 15) is 13.2 Å². The molecule has 0 unspecified atom stereocenters. The van der Waals surface area contributed by atoms with Gasteiger partial charge in [-0.25, -0.2) is 23.4 Å². The first kappa shape index (κ1) is 24.5. The van der Waals surface area contributed by atoms with Gasteiger partial charge in [0, 0.05) is 29.9 Å². The van der Waals surface area contributed by atoms with E-state index in [1.54, 1.807) is 36.5 Å². The summed E-state index contributed by atoms with van der Waals surface area (Å²) in [4.78, 5) is 25.9. The van der Waals surface area contributed by atoms with Gasteiger partial charge in [0.2, 0.25) is 5.95 Å². The van der Waals surface area contributed by atoms with Gasteiger partial charge in [-0.1, -0.05) is 12.1 Å². The molecule has 190 valence electrons. The maximum Gasteiger partial charge on any atom is 0.253 e. The van der Waals surface area contributed by atoms with E-state index in [0.717, 1.165) is 25.9 Å². The van der Waals surface area contributed by atoms with E-state index >= 15 is 0 Å². The molecule has 5 rings (SSSR count). The normalized spacial score (nSPS) is 21.2. The number of piperidine rings is 1. The van der Waals surface area contributed by atoms with Gasteiger partial charge in [0.15, 0.2) is 9.84 Å². The van der Waals surface area contributed by atoms with E-state index in [4.69, 9.17) is 5.73 Å². The van der Waals surface area contributed by atoms with Gasteiger partial charge < -0.3 is 21.7 Å². The van der Waals surface area contributed by atoms with Gasteiger partial charge in [0.1, 0.15) is 5.82 Å². The van der Waals surface area contributed by atoms with Crippen LogP contribution in [0.25, 0.3) is 10.9 Å². The largest absolute Gasteiger partial charge is 0.349 e. The molecule has 10 nitrogen and oxygen atoms in total. The summed E-state index contributed by atoms with van der Waals surface area (Å²) in [6.07, 6.45) is 7.43. The molecule has 2 aliphatic rings. The van der Waals surface area contributed by atoms with Crippen molar-refractivity contribution in [2.24, 2.45) is 5.73 Å². The number of nitrogens with zero attached hydrogens (tertiary/aromatic N) is 3. The predicted molar refractivity (Wildman–Crippen MR) is 138 cm³/mol. The van der Waals surface area contributed by atoms with Crippen LogP contribution in [0.2, 0.25) is 0 Å². The van der Waals surface area contributed by atoms with Gasteiger partial charge >= 0.3 is 0 Å². The fraction of sp³-hybridized carbons (Fsp3) is 0.440. The Morgan fingerprint density at radius 2 is 1.75 bits per heavy atom. The molecule has 3 heterocycles. The lowest BCUT2D eigenvalue weighted by Crippen LogP contribution is -2.42. The number of fused-ring (bicyclic) bond motifs is 1. The number of carbonyl (C=O) groups excluding carboxylic acids is 1. The minimum atomic E-state index is -3.57. The zero-order valence-corrected chi connectivity index (χ0v) is 20.8. The highest BCUT2D eigenvalue weighted by Gasteiger charge is 2.32. The summed E-state index contributed by atoms with van der Waals surface area (Å²) in [7, 11) is -3.57. The summed E-state index contributed by atoms with van der Waals surface area (Å²) in [5, 5.41) is 9.53. The molecule has 11 heteroatoms. The van der Waals surface area contributed by atoms with Gasteiger partial charge in [-0.2, -0.15) is 0 Å². The van der Waals surface area contributed by atoms with Crippen LogP contribution >= 0.6 is 0 Å². The Bertz CT molecular complexity index is 1330. The standard InChI is InChI=1S/C25H31N7O3S/c26-18-5-7-20(8-6-18)36(34,35)21-3-1-2-16-14-29-25(32-23(16)21)31-22-9-4-17(15-28-22)24(33)30-19-10-12-27-13-11-19/h1-4,9,14-15,18-20,27H,5-8,10-13,26H2,(H,30,33)(H,28,29,31,32). The van der Waals surface area contributed by atoms with Crippen molar-refractivity contribution in [2.45, 2.75) is 60.8 Å². The van der Waals surface area contributed by atoms with Gasteiger partial charge in [-0.3, -0.25) is 4.79 Å². The lowest BCUT2D eigenvalue weighted by atomic mass is 9.96. The minimum Gasteiger partial charge on any atom is -0.349 e. The quantitative estimate of drug-likeness (QED) is 0.392. The molecule has 2 fully saturated rings. The summed E-state index contributed by atoms with van der Waals surface area (Å²) in [5.74, 6) is 0.533. The molecule has 0 bridgehead atoms. The number of nitrogens with two attached hydrogens (primary N) is 1. The number of rotatable bonds is 6. The van der Waals surface area contributed by atoms with Crippen molar-refractivity contribution in [3.8, 4) is 0 Å². The average Bonchev–Trinajstić information content (AvgIpc) is 2.89. The van der Waals surface area contributed by atoms with E-state index in [0.29, 0.717) is 48.0 Å². The number of para-hydroxylation sites is 1. The number of nitrogens with one attached hydrogen (secondary N) is 3. The Balaban J connectivity index is 1.33. The van der Waals surface area contributed by atoms with Gasteiger partial charge in [0.05, 0.1) is 21.2 Å². The fourth-order valence-corrected chi connectivity index (χ4v) is 6.80. The maximum absolute atomic E-state index is 13.4. The summed E-state index contributed by atoms with van der Waals surface area (Å²) in [5.41, 5.74) is 6.83. The Morgan fingerprint density at radius 3 is 2.47 bits per heavy atom. The first-order chi connectivity index (χ1) is 17.4. The molecule has 5 N–H and O–H groups in total. The summed E-state index contributed by atoms with van der Waals surface area (Å²) >= 11 is 0. The van der Waals surface area contributed by atoms with Crippen molar-refractivity contribution >= 4 is 38.4 Å². The van der Waals surface area contributed by atoms with Crippen molar-refractivity contribution in [2.75, 3.05) is 18.4 Å². The van der Waals surface area contributed by atoms with E-state index in [1.165, 1.54) is 6.20 Å². The molecule has 3 aromatic rings. The number of carbonyl (C=O) groups is 1. The van der Waals surface area contributed by atoms with Gasteiger partial charge in [-0.05, 0) is 69.8 Å². The molecule has 0 radical (unpaired) electrons. The Morgan fingerprint density at radius 1 is 0.972 bits per heavy atom. The molecule has 1 amide bonds. The number of pyridine rings is 1. The number of sulfone groups is 1. The molecule has 1 saturated carbocycles. The predicted octanol–water partition coefficient (Wildman–Crippen LogP) is 2.29. The highest BCUT2D eigenvalue weighted by Crippen LogP contribution is 2.32. The molecule has 1 aliphatic carbocycles. The van der Waals surface area contributed by atoms with Crippen LogP contribution in [0.1, 0.15) is 48.9 Å². The smallest absolute Gasteiger partial charge is 0.253 e. The maximum atomic E-state index is 13.4. The van der Waals surface area contributed by atoms with Crippen LogP contribution in [0.3, 0.4) is 0 Å². The van der Waals surface area contributed by atoms with Crippen LogP contribution in [-0.2, 0) is 9.84 Å². The second-order valence-electron chi connectivity index (χ2n) is 9.52. The molecule has 1 aliphatic heterocycles. The van der Waals surface area contributed by atoms with Crippen LogP contribution in [-0.4, -0.2) is 59.7 Å². The fourth-order valence-electron chi connectivity index (χ4n) is 4.85. The van der Waals surface area contributed by atoms with E-state index in [2.05, 4.69) is 30.9 Å². The lowest BCUT2D eigenvalue weighted by molar-refractivity contribution is 0.0929. The number of amides is 1. The van der Waals surface area contributed by atoms with Gasteiger partial charge in [0.25, 0.3) is 5.91 Å². The second kappa shape index (κ2) is 10.5. The first-order valence-electron chi connectivity index (χ1n) is 12.4. The number of hydrogen-bond donors (Lipinski definition) is 4. The molecule has 1 aromatic carbocycles. The number of benzene rings is 1. The number of hydrogen-bond acceptors (Lipinski definition) is 9. The topological polar surface area (TPSA) is 152 Å². The first-order valence-corrected chi connectivity index (χ1v) is 13.9. The van der Waals surface area contributed by atoms with Gasteiger partial charge in [-0.15, -0.1) is 0 Å². The van der Waals surface area contributed by atoms with Crippen LogP contribution in [0.4, 0.5) is 11.8 Å². The molecule has 0 atom stereocenters. The van der Waals surface area contributed by atoms with Crippen LogP contribution in [0.15, 0.2) is 47.6 Å². The number of aromatic nitrogens is 3. The van der Waals surface area contributed by atoms with Crippen molar-refractivity contribution in [3.05, 3.63) is 48.3 Å². The van der Waals surface area contributed by atoms with E-state index < -0.39 is 15.1 Å². The molecule has 36 heavy (non-hydrogen) atoms. The Hall–Kier alpha value is -3.15. The minimum absolute atomic E-state index is 0.0663. The van der Waals surface area contributed by atoms with Crippen molar-refractivity contribution in [1.82, 2.24) is 25.6 Å². The van der Waals surface area contributed by atoms with Crippen LogP contribution in [0.5, 0.6) is 0 Å². The third kappa shape index (κ3) is 5.32. The van der Waals surface area contributed by atoms with Crippen molar-refractivity contribution < 1.29 is 13.2 Å².